The predicted molar refractivity (Wildman–Crippen MR) is 65.6 cm³/mol. The lowest BCUT2D eigenvalue weighted by atomic mass is 10.1. The molecule has 0 aliphatic carbocycles. The number of halogens is 1. The van der Waals surface area contributed by atoms with Crippen LogP contribution >= 0.6 is 11.6 Å². The molecule has 1 aromatic heterocycles. The van der Waals surface area contributed by atoms with Crippen LogP contribution in [-0.2, 0) is 0 Å². The molecule has 0 saturated carbocycles. The van der Waals surface area contributed by atoms with E-state index >= 15 is 0 Å². The second-order valence-electron chi connectivity index (χ2n) is 3.30. The molecule has 16 heavy (non-hydrogen) atoms. The van der Waals surface area contributed by atoms with Crippen molar-refractivity contribution in [1.29, 1.82) is 0 Å². The molecular weight excluding hydrogens is 224 g/mol. The van der Waals surface area contributed by atoms with Gasteiger partial charge in [-0.05, 0) is 24.3 Å². The normalized spacial score (nSPS) is 10.1. The maximum absolute atomic E-state index is 5.93. The van der Waals surface area contributed by atoms with Gasteiger partial charge >= 0.3 is 0 Å². The Kier molecular flexibility index (Phi) is 2.97. The number of rotatable bonds is 2. The first-order valence-electron chi connectivity index (χ1n) is 4.77. The van der Waals surface area contributed by atoms with Crippen molar-refractivity contribution in [3.05, 3.63) is 41.4 Å². The van der Waals surface area contributed by atoms with E-state index in [0.717, 1.165) is 11.3 Å². The number of hydrogen-bond acceptors (Lipinski definition) is 3. The topological polar surface area (TPSA) is 48.1 Å². The summed E-state index contributed by atoms with van der Waals surface area (Å²) in [6.45, 7) is 0. The van der Waals surface area contributed by atoms with Crippen LogP contribution in [0.4, 0.5) is 5.82 Å². The Bertz CT molecular complexity index is 494. The summed E-state index contributed by atoms with van der Waals surface area (Å²) in [6.07, 6.45) is 0. The molecular formula is C12H11ClN2O. The Morgan fingerprint density at radius 1 is 1.25 bits per heavy atom. The first-order valence-corrected chi connectivity index (χ1v) is 5.15. The lowest BCUT2D eigenvalue weighted by molar-refractivity contribution is 0.416. The second-order valence-corrected chi connectivity index (χ2v) is 3.73. The van der Waals surface area contributed by atoms with Crippen molar-refractivity contribution in [2.24, 2.45) is 0 Å². The summed E-state index contributed by atoms with van der Waals surface area (Å²) in [5.74, 6) is 1.14. The minimum absolute atomic E-state index is 0.397. The molecule has 0 saturated heterocycles. The monoisotopic (exact) mass is 234 g/mol. The van der Waals surface area contributed by atoms with E-state index in [4.69, 9.17) is 22.1 Å². The molecule has 0 amide bonds. The summed E-state index contributed by atoms with van der Waals surface area (Å²) >= 11 is 5.93. The van der Waals surface area contributed by atoms with Crippen molar-refractivity contribution in [2.45, 2.75) is 0 Å². The molecule has 2 rings (SSSR count). The fourth-order valence-electron chi connectivity index (χ4n) is 1.51. The van der Waals surface area contributed by atoms with Crippen molar-refractivity contribution >= 4 is 17.4 Å². The third-order valence-corrected chi connectivity index (χ3v) is 2.41. The smallest absolute Gasteiger partial charge is 0.128 e. The highest BCUT2D eigenvalue weighted by Crippen LogP contribution is 2.30. The third-order valence-electron chi connectivity index (χ3n) is 2.19. The molecule has 0 radical (unpaired) electrons. The van der Waals surface area contributed by atoms with Crippen LogP contribution in [0.15, 0.2) is 36.4 Å². The number of aromatic nitrogens is 1. The molecule has 3 nitrogen and oxygen atoms in total. The van der Waals surface area contributed by atoms with E-state index in [1.165, 1.54) is 0 Å². The summed E-state index contributed by atoms with van der Waals surface area (Å²) in [5, 5.41) is 0.563. The molecule has 0 unspecified atom stereocenters. The lowest BCUT2D eigenvalue weighted by Crippen LogP contribution is -1.94. The number of anilines is 1. The van der Waals surface area contributed by atoms with Gasteiger partial charge in [-0.15, -0.1) is 0 Å². The molecule has 0 bridgehead atoms. The van der Waals surface area contributed by atoms with E-state index in [0.29, 0.717) is 16.5 Å². The number of nitrogen functional groups attached to an aromatic ring is 1. The van der Waals surface area contributed by atoms with E-state index in [9.17, 15) is 0 Å². The number of methoxy groups -OCH3 is 1. The molecule has 82 valence electrons. The zero-order valence-corrected chi connectivity index (χ0v) is 9.53. The first-order chi connectivity index (χ1) is 7.70. The average molecular weight is 235 g/mol. The van der Waals surface area contributed by atoms with Crippen molar-refractivity contribution in [3.63, 3.8) is 0 Å². The minimum Gasteiger partial charge on any atom is -0.496 e. The van der Waals surface area contributed by atoms with E-state index in [2.05, 4.69) is 4.98 Å². The van der Waals surface area contributed by atoms with Crippen LogP contribution in [0.5, 0.6) is 5.75 Å². The molecule has 0 aliphatic rings. The third kappa shape index (κ3) is 2.09. The number of nitrogens with two attached hydrogens (primary N) is 1. The fourth-order valence-corrected chi connectivity index (χ4v) is 1.73. The highest BCUT2D eigenvalue weighted by atomic mass is 35.5. The van der Waals surface area contributed by atoms with Crippen LogP contribution in [0.25, 0.3) is 11.3 Å². The Morgan fingerprint density at radius 2 is 2.00 bits per heavy atom. The van der Waals surface area contributed by atoms with Gasteiger partial charge in [-0.3, -0.25) is 0 Å². The van der Waals surface area contributed by atoms with Crippen molar-refractivity contribution in [2.75, 3.05) is 12.8 Å². The standard InChI is InChI=1S/C12H11ClN2O/c1-16-11-5-3-2-4-9(11)10-6-8(13)7-12(14)15-10/h2-7H,1H3,(H2,14,15). The zero-order valence-electron chi connectivity index (χ0n) is 8.77. The molecule has 0 aliphatic heterocycles. The van der Waals surface area contributed by atoms with E-state index in [-0.39, 0.29) is 0 Å². The van der Waals surface area contributed by atoms with Crippen molar-refractivity contribution in [1.82, 2.24) is 4.98 Å². The summed E-state index contributed by atoms with van der Waals surface area (Å²) < 4.78 is 5.26. The van der Waals surface area contributed by atoms with Gasteiger partial charge in [-0.25, -0.2) is 4.98 Å². The van der Waals surface area contributed by atoms with Crippen LogP contribution in [-0.4, -0.2) is 12.1 Å². The number of ether oxygens (including phenoxy) is 1. The van der Waals surface area contributed by atoms with Gasteiger partial charge in [0.05, 0.1) is 12.8 Å². The average Bonchev–Trinajstić information content (AvgIpc) is 2.27. The van der Waals surface area contributed by atoms with Crippen LogP contribution < -0.4 is 10.5 Å². The number of nitrogens with zero attached hydrogens (tertiary/aromatic N) is 1. The fraction of sp³-hybridized carbons (Fsp3) is 0.0833. The maximum Gasteiger partial charge on any atom is 0.128 e. The Labute approximate surface area is 98.8 Å². The molecule has 1 aromatic carbocycles. The van der Waals surface area contributed by atoms with Gasteiger partial charge in [-0.2, -0.15) is 0 Å². The number of benzene rings is 1. The highest BCUT2D eigenvalue weighted by Gasteiger charge is 2.07. The number of hydrogen-bond donors (Lipinski definition) is 1. The Hall–Kier alpha value is -1.74. The van der Waals surface area contributed by atoms with Crippen LogP contribution in [0.3, 0.4) is 0 Å². The molecule has 2 aromatic rings. The van der Waals surface area contributed by atoms with Gasteiger partial charge in [0, 0.05) is 10.6 Å². The molecule has 2 N–H and O–H groups in total. The summed E-state index contributed by atoms with van der Waals surface area (Å²) in [5.41, 5.74) is 7.24. The van der Waals surface area contributed by atoms with Crippen LogP contribution in [0.2, 0.25) is 5.02 Å². The van der Waals surface area contributed by atoms with Gasteiger partial charge < -0.3 is 10.5 Å². The van der Waals surface area contributed by atoms with Crippen LogP contribution in [0, 0.1) is 0 Å². The van der Waals surface area contributed by atoms with Gasteiger partial charge in [0.1, 0.15) is 11.6 Å². The van der Waals surface area contributed by atoms with Gasteiger partial charge in [0.15, 0.2) is 0 Å². The molecule has 0 fully saturated rings. The predicted octanol–water partition coefficient (Wildman–Crippen LogP) is 2.99. The molecule has 0 spiro atoms. The van der Waals surface area contributed by atoms with Crippen LogP contribution in [0.1, 0.15) is 0 Å². The summed E-state index contributed by atoms with van der Waals surface area (Å²) in [6, 6.07) is 11.0. The Balaban J connectivity index is 2.58. The zero-order chi connectivity index (χ0) is 11.5. The van der Waals surface area contributed by atoms with Gasteiger partial charge in [0.25, 0.3) is 0 Å². The quantitative estimate of drug-likeness (QED) is 0.869. The van der Waals surface area contributed by atoms with Gasteiger partial charge in [0.2, 0.25) is 0 Å². The van der Waals surface area contributed by atoms with Gasteiger partial charge in [-0.1, -0.05) is 23.7 Å². The summed E-state index contributed by atoms with van der Waals surface area (Å²) in [7, 11) is 1.62. The largest absolute Gasteiger partial charge is 0.496 e. The number of pyridine rings is 1. The van der Waals surface area contributed by atoms with Crippen molar-refractivity contribution < 1.29 is 4.74 Å². The highest BCUT2D eigenvalue weighted by molar-refractivity contribution is 6.31. The Morgan fingerprint density at radius 3 is 2.69 bits per heavy atom. The lowest BCUT2D eigenvalue weighted by Gasteiger charge is -2.08. The first kappa shape index (κ1) is 10.8. The minimum atomic E-state index is 0.397. The van der Waals surface area contributed by atoms with Crippen molar-refractivity contribution in [3.8, 4) is 17.0 Å². The number of para-hydroxylation sites is 1. The summed E-state index contributed by atoms with van der Waals surface area (Å²) in [4.78, 5) is 4.23. The van der Waals surface area contributed by atoms with E-state index < -0.39 is 0 Å². The molecule has 1 heterocycles. The second kappa shape index (κ2) is 4.41. The SMILES string of the molecule is COc1ccccc1-c1cc(Cl)cc(N)n1. The molecule has 0 atom stereocenters. The maximum atomic E-state index is 5.93. The van der Waals surface area contributed by atoms with E-state index in [1.807, 2.05) is 24.3 Å². The van der Waals surface area contributed by atoms with E-state index in [1.54, 1.807) is 19.2 Å². The molecule has 4 heteroatoms.